The van der Waals surface area contributed by atoms with Crippen LogP contribution in [0.4, 0.5) is 0 Å². The van der Waals surface area contributed by atoms with Gasteiger partial charge in [-0.05, 0) is 12.1 Å². The molecular weight excluding hydrogens is 184 g/mol. The van der Waals surface area contributed by atoms with E-state index in [1.54, 1.807) is 24.3 Å². The highest BCUT2D eigenvalue weighted by molar-refractivity contribution is 5.80. The zero-order valence-electron chi connectivity index (χ0n) is 7.23. The first-order valence-electron chi connectivity index (χ1n) is 4.07. The molecule has 2 N–H and O–H groups in total. The first-order valence-corrected chi connectivity index (χ1v) is 4.07. The van der Waals surface area contributed by atoms with Crippen LogP contribution in [0.3, 0.4) is 0 Å². The van der Waals surface area contributed by atoms with Crippen molar-refractivity contribution in [1.29, 1.82) is 0 Å². The van der Waals surface area contributed by atoms with Gasteiger partial charge in [-0.2, -0.15) is 0 Å². The molecular formula is C9H8N2O3. The standard InChI is InChI=1S/C9H8N2O3/c12-5-11-9(14)7-4-2-1-3-6(7)8(13)10-11/h1-4,12H,5H2,(H,10,13). The maximum absolute atomic E-state index is 11.5. The molecule has 0 fully saturated rings. The van der Waals surface area contributed by atoms with Crippen LogP contribution in [0.15, 0.2) is 33.9 Å². The van der Waals surface area contributed by atoms with E-state index in [-0.39, 0.29) is 5.56 Å². The van der Waals surface area contributed by atoms with Crippen molar-refractivity contribution in [3.8, 4) is 0 Å². The third-order valence-corrected chi connectivity index (χ3v) is 2.03. The van der Waals surface area contributed by atoms with Crippen molar-refractivity contribution in [2.45, 2.75) is 6.73 Å². The fourth-order valence-corrected chi connectivity index (χ4v) is 1.35. The molecule has 1 heterocycles. The number of nitrogens with one attached hydrogen (secondary N) is 1. The minimum absolute atomic E-state index is 0.310. The number of benzene rings is 1. The number of hydrogen-bond acceptors (Lipinski definition) is 3. The third kappa shape index (κ3) is 1.14. The van der Waals surface area contributed by atoms with E-state index >= 15 is 0 Å². The summed E-state index contributed by atoms with van der Waals surface area (Å²) in [6.07, 6.45) is 0. The van der Waals surface area contributed by atoms with E-state index in [9.17, 15) is 9.59 Å². The van der Waals surface area contributed by atoms with Gasteiger partial charge in [0.05, 0.1) is 10.8 Å². The molecule has 5 nitrogen and oxygen atoms in total. The molecule has 0 amide bonds. The summed E-state index contributed by atoms with van der Waals surface area (Å²) in [5.41, 5.74) is -0.781. The lowest BCUT2D eigenvalue weighted by Crippen LogP contribution is -2.29. The van der Waals surface area contributed by atoms with E-state index in [0.717, 1.165) is 4.68 Å². The van der Waals surface area contributed by atoms with E-state index in [1.165, 1.54) is 0 Å². The van der Waals surface area contributed by atoms with Gasteiger partial charge >= 0.3 is 0 Å². The minimum atomic E-state index is -0.529. The summed E-state index contributed by atoms with van der Waals surface area (Å²) in [6, 6.07) is 6.47. The van der Waals surface area contributed by atoms with Crippen molar-refractivity contribution in [2.24, 2.45) is 0 Å². The van der Waals surface area contributed by atoms with Crippen LogP contribution in [0.25, 0.3) is 10.8 Å². The number of hydrogen-bond donors (Lipinski definition) is 2. The molecule has 0 spiro atoms. The summed E-state index contributed by atoms with van der Waals surface area (Å²) < 4.78 is 0.866. The van der Waals surface area contributed by atoms with Crippen molar-refractivity contribution >= 4 is 10.8 Å². The number of aromatic nitrogens is 2. The van der Waals surface area contributed by atoms with Gasteiger partial charge in [0, 0.05) is 0 Å². The topological polar surface area (TPSA) is 75.1 Å². The van der Waals surface area contributed by atoms with Crippen molar-refractivity contribution in [3.05, 3.63) is 45.0 Å². The molecule has 0 saturated carbocycles. The Labute approximate surface area is 78.2 Å². The fraction of sp³-hybridized carbons (Fsp3) is 0.111. The second-order valence-electron chi connectivity index (χ2n) is 2.86. The average Bonchev–Trinajstić information content (AvgIpc) is 2.23. The van der Waals surface area contributed by atoms with Crippen LogP contribution in [-0.2, 0) is 6.73 Å². The molecule has 2 rings (SSSR count). The van der Waals surface area contributed by atoms with E-state index < -0.39 is 12.3 Å². The lowest BCUT2D eigenvalue weighted by atomic mass is 10.2. The van der Waals surface area contributed by atoms with Gasteiger partial charge in [0.2, 0.25) is 0 Å². The molecule has 0 aliphatic rings. The Bertz CT molecular complexity index is 582. The monoisotopic (exact) mass is 192 g/mol. The fourth-order valence-electron chi connectivity index (χ4n) is 1.35. The van der Waals surface area contributed by atoms with E-state index in [0.29, 0.717) is 10.8 Å². The third-order valence-electron chi connectivity index (χ3n) is 2.03. The zero-order chi connectivity index (χ0) is 10.1. The molecule has 0 aliphatic heterocycles. The molecule has 0 atom stereocenters. The van der Waals surface area contributed by atoms with Crippen molar-refractivity contribution < 1.29 is 5.11 Å². The maximum atomic E-state index is 11.5. The molecule has 1 aromatic heterocycles. The summed E-state index contributed by atoms with van der Waals surface area (Å²) in [5, 5.41) is 11.7. The molecule has 0 aliphatic carbocycles. The van der Waals surface area contributed by atoms with Gasteiger partial charge in [-0.15, -0.1) is 0 Å². The van der Waals surface area contributed by atoms with Gasteiger partial charge in [0.15, 0.2) is 0 Å². The highest BCUT2D eigenvalue weighted by Gasteiger charge is 2.04. The smallest absolute Gasteiger partial charge is 0.275 e. The molecule has 0 unspecified atom stereocenters. The Balaban J connectivity index is 3.03. The van der Waals surface area contributed by atoms with Gasteiger partial charge in [0.25, 0.3) is 11.1 Å². The number of nitrogens with zero attached hydrogens (tertiary/aromatic N) is 1. The van der Waals surface area contributed by atoms with Crippen LogP contribution >= 0.6 is 0 Å². The van der Waals surface area contributed by atoms with Gasteiger partial charge < -0.3 is 5.11 Å². The van der Waals surface area contributed by atoms with Crippen molar-refractivity contribution in [3.63, 3.8) is 0 Å². The first-order chi connectivity index (χ1) is 6.74. The number of aliphatic hydroxyl groups is 1. The predicted octanol–water partition coefficient (Wildman–Crippen LogP) is -0.360. The van der Waals surface area contributed by atoms with Crippen molar-refractivity contribution in [1.82, 2.24) is 9.78 Å². The zero-order valence-corrected chi connectivity index (χ0v) is 7.23. The highest BCUT2D eigenvalue weighted by atomic mass is 16.3. The van der Waals surface area contributed by atoms with Crippen LogP contribution in [0.1, 0.15) is 0 Å². The summed E-state index contributed by atoms with van der Waals surface area (Å²) in [6.45, 7) is -0.529. The van der Waals surface area contributed by atoms with Gasteiger partial charge in [-0.1, -0.05) is 12.1 Å². The van der Waals surface area contributed by atoms with Crippen molar-refractivity contribution in [2.75, 3.05) is 0 Å². The number of rotatable bonds is 1. The molecule has 2 aromatic rings. The van der Waals surface area contributed by atoms with Crippen LogP contribution < -0.4 is 11.1 Å². The Morgan fingerprint density at radius 1 is 1.21 bits per heavy atom. The number of H-pyrrole nitrogens is 1. The van der Waals surface area contributed by atoms with Crippen LogP contribution in [-0.4, -0.2) is 14.9 Å². The lowest BCUT2D eigenvalue weighted by Gasteiger charge is -2.01. The molecule has 1 aromatic carbocycles. The van der Waals surface area contributed by atoms with Gasteiger partial charge in [-0.25, -0.2) is 4.68 Å². The minimum Gasteiger partial charge on any atom is -0.374 e. The molecule has 72 valence electrons. The average molecular weight is 192 g/mol. The Morgan fingerprint density at radius 3 is 2.50 bits per heavy atom. The summed E-state index contributed by atoms with van der Waals surface area (Å²) in [4.78, 5) is 22.9. The summed E-state index contributed by atoms with van der Waals surface area (Å²) in [5.74, 6) is 0. The largest absolute Gasteiger partial charge is 0.374 e. The second kappa shape index (κ2) is 3.12. The highest BCUT2D eigenvalue weighted by Crippen LogP contribution is 2.01. The van der Waals surface area contributed by atoms with Crippen LogP contribution in [0, 0.1) is 0 Å². The van der Waals surface area contributed by atoms with Crippen LogP contribution in [0.2, 0.25) is 0 Å². The van der Waals surface area contributed by atoms with E-state index in [2.05, 4.69) is 5.10 Å². The van der Waals surface area contributed by atoms with Crippen LogP contribution in [0.5, 0.6) is 0 Å². The normalized spacial score (nSPS) is 10.6. The molecule has 5 heteroatoms. The Morgan fingerprint density at radius 2 is 1.86 bits per heavy atom. The quantitative estimate of drug-likeness (QED) is 0.647. The van der Waals surface area contributed by atoms with E-state index in [1.807, 2.05) is 0 Å². The Kier molecular flexibility index (Phi) is 1.94. The lowest BCUT2D eigenvalue weighted by molar-refractivity contribution is 0.188. The maximum Gasteiger partial charge on any atom is 0.275 e. The second-order valence-corrected chi connectivity index (χ2v) is 2.86. The summed E-state index contributed by atoms with van der Waals surface area (Å²) in [7, 11) is 0. The molecule has 0 bridgehead atoms. The molecule has 0 saturated heterocycles. The molecule has 14 heavy (non-hydrogen) atoms. The number of fused-ring (bicyclic) bond motifs is 1. The Hall–Kier alpha value is -1.88. The number of aliphatic hydroxyl groups excluding tert-OH is 1. The van der Waals surface area contributed by atoms with Gasteiger partial charge in [-0.3, -0.25) is 14.7 Å². The SMILES string of the molecule is O=c1[nH]n(CO)c(=O)c2ccccc12. The van der Waals surface area contributed by atoms with E-state index in [4.69, 9.17) is 5.11 Å². The molecule has 0 radical (unpaired) electrons. The number of aromatic amines is 1. The van der Waals surface area contributed by atoms with Gasteiger partial charge in [0.1, 0.15) is 6.73 Å². The predicted molar refractivity (Wildman–Crippen MR) is 51.0 cm³/mol. The first kappa shape index (κ1) is 8.71. The summed E-state index contributed by atoms with van der Waals surface area (Å²) >= 11 is 0.